The van der Waals surface area contributed by atoms with Gasteiger partial charge in [-0.05, 0) is 75.8 Å². The molecule has 6 nitrogen and oxygen atoms in total. The quantitative estimate of drug-likeness (QED) is 0.238. The Labute approximate surface area is 218 Å². The highest BCUT2D eigenvalue weighted by molar-refractivity contribution is 5.16. The van der Waals surface area contributed by atoms with Gasteiger partial charge in [-0.3, -0.25) is 0 Å². The first kappa shape index (κ1) is 28.8. The van der Waals surface area contributed by atoms with Crippen LogP contribution in [0.5, 0.6) is 0 Å². The van der Waals surface area contributed by atoms with Crippen molar-refractivity contribution in [3.8, 4) is 0 Å². The van der Waals surface area contributed by atoms with Gasteiger partial charge in [0.1, 0.15) is 0 Å². The van der Waals surface area contributed by atoms with E-state index in [4.69, 9.17) is 0 Å². The summed E-state index contributed by atoms with van der Waals surface area (Å²) < 4.78 is 0. The summed E-state index contributed by atoms with van der Waals surface area (Å²) in [7, 11) is 0. The Kier molecular flexibility index (Phi) is 14.1. The number of piperazine rings is 1. The molecule has 0 aromatic heterocycles. The number of aliphatic hydroxyl groups is 2. The number of hydrogen-bond acceptors (Lipinski definition) is 6. The van der Waals surface area contributed by atoms with E-state index < -0.39 is 0 Å². The molecule has 0 radical (unpaired) electrons. The number of unbranched alkanes of at least 4 members (excludes halogenated alkanes) is 2. The average molecular weight is 497 g/mol. The minimum atomic E-state index is 0.143. The van der Waals surface area contributed by atoms with Crippen LogP contribution in [0.25, 0.3) is 0 Å². The standard InChI is InChI=1S/C30H48N4O2/c35-25-29(23-27-11-3-1-4-12-27)31-15-7-9-17-33-19-21-34(22-20-33)18-10-8-16-32-30(26-36)24-28-13-5-2-6-14-28/h1-6,11-14,29-32,35-36H,7-10,15-26H2/t29-,30-/m0/s1. The predicted octanol–water partition coefficient (Wildman–Crippen LogP) is 2.55. The second-order valence-corrected chi connectivity index (χ2v) is 10.1. The summed E-state index contributed by atoms with van der Waals surface area (Å²) in [6.07, 6.45) is 6.47. The highest BCUT2D eigenvalue weighted by Gasteiger charge is 2.16. The van der Waals surface area contributed by atoms with Crippen LogP contribution in [0.3, 0.4) is 0 Å². The number of hydrogen-bond donors (Lipinski definition) is 4. The molecule has 1 aliphatic heterocycles. The molecular weight excluding hydrogens is 448 g/mol. The van der Waals surface area contributed by atoms with E-state index in [0.29, 0.717) is 0 Å². The van der Waals surface area contributed by atoms with Crippen molar-refractivity contribution in [3.05, 3.63) is 71.8 Å². The summed E-state index contributed by atoms with van der Waals surface area (Å²) in [5.41, 5.74) is 2.55. The molecule has 0 saturated carbocycles. The molecule has 2 aromatic rings. The van der Waals surface area contributed by atoms with Crippen molar-refractivity contribution in [2.45, 2.75) is 50.6 Å². The van der Waals surface area contributed by atoms with Gasteiger partial charge in [0.05, 0.1) is 13.2 Å². The first-order chi connectivity index (χ1) is 17.8. The molecule has 2 atom stereocenters. The van der Waals surface area contributed by atoms with E-state index >= 15 is 0 Å². The zero-order valence-electron chi connectivity index (χ0n) is 22.0. The normalized spacial score (nSPS) is 16.7. The van der Waals surface area contributed by atoms with Gasteiger partial charge >= 0.3 is 0 Å². The van der Waals surface area contributed by atoms with Crippen LogP contribution in [0.2, 0.25) is 0 Å². The van der Waals surface area contributed by atoms with Crippen LogP contribution in [0.1, 0.15) is 36.8 Å². The second kappa shape index (κ2) is 17.6. The summed E-state index contributed by atoms with van der Waals surface area (Å²) in [6.45, 7) is 9.32. The summed E-state index contributed by atoms with van der Waals surface area (Å²) in [4.78, 5) is 5.20. The van der Waals surface area contributed by atoms with Crippen molar-refractivity contribution in [3.63, 3.8) is 0 Å². The maximum atomic E-state index is 9.67. The zero-order valence-corrected chi connectivity index (χ0v) is 22.0. The molecule has 0 aliphatic carbocycles. The van der Waals surface area contributed by atoms with Crippen molar-refractivity contribution in [2.24, 2.45) is 0 Å². The minimum Gasteiger partial charge on any atom is -0.395 e. The zero-order chi connectivity index (χ0) is 25.3. The third-order valence-corrected chi connectivity index (χ3v) is 7.22. The van der Waals surface area contributed by atoms with E-state index in [1.165, 1.54) is 63.2 Å². The number of rotatable bonds is 18. The second-order valence-electron chi connectivity index (χ2n) is 10.1. The van der Waals surface area contributed by atoms with Crippen molar-refractivity contribution in [1.29, 1.82) is 0 Å². The molecule has 0 unspecified atom stereocenters. The Balaban J connectivity index is 1.16. The van der Waals surface area contributed by atoms with Crippen LogP contribution in [-0.4, -0.2) is 97.7 Å². The van der Waals surface area contributed by atoms with E-state index in [1.54, 1.807) is 0 Å². The van der Waals surface area contributed by atoms with Crippen LogP contribution in [0, 0.1) is 0 Å². The van der Waals surface area contributed by atoms with Gasteiger partial charge in [0.15, 0.2) is 0 Å². The van der Waals surface area contributed by atoms with E-state index in [-0.39, 0.29) is 25.3 Å². The van der Waals surface area contributed by atoms with E-state index in [0.717, 1.165) is 38.8 Å². The summed E-state index contributed by atoms with van der Waals surface area (Å²) in [5, 5.41) is 26.4. The van der Waals surface area contributed by atoms with Gasteiger partial charge in [-0.25, -0.2) is 0 Å². The Bertz CT molecular complexity index is 717. The van der Waals surface area contributed by atoms with Crippen molar-refractivity contribution < 1.29 is 10.2 Å². The monoisotopic (exact) mass is 496 g/mol. The van der Waals surface area contributed by atoms with Crippen molar-refractivity contribution in [1.82, 2.24) is 20.4 Å². The molecule has 36 heavy (non-hydrogen) atoms. The Morgan fingerprint density at radius 3 is 1.33 bits per heavy atom. The Morgan fingerprint density at radius 2 is 0.972 bits per heavy atom. The van der Waals surface area contributed by atoms with Gasteiger partial charge in [0, 0.05) is 38.3 Å². The summed E-state index contributed by atoms with van der Waals surface area (Å²) in [6, 6.07) is 21.1. The van der Waals surface area contributed by atoms with Crippen LogP contribution in [0.4, 0.5) is 0 Å². The molecule has 2 aromatic carbocycles. The SMILES string of the molecule is OC[C@H](Cc1ccccc1)NCCCCN1CCN(CCCCN[C@H](CO)Cc2ccccc2)CC1. The fourth-order valence-electron chi connectivity index (χ4n) is 4.97. The molecule has 1 fully saturated rings. The van der Waals surface area contributed by atoms with E-state index in [9.17, 15) is 10.2 Å². The van der Waals surface area contributed by atoms with Crippen molar-refractivity contribution in [2.75, 3.05) is 65.6 Å². The maximum absolute atomic E-state index is 9.67. The highest BCUT2D eigenvalue weighted by Crippen LogP contribution is 2.07. The molecule has 1 aliphatic rings. The lowest BCUT2D eigenvalue weighted by Gasteiger charge is -2.34. The minimum absolute atomic E-state index is 0.143. The fourth-order valence-corrected chi connectivity index (χ4v) is 4.97. The lowest BCUT2D eigenvalue weighted by Crippen LogP contribution is -2.47. The topological polar surface area (TPSA) is 71.0 Å². The molecule has 0 bridgehead atoms. The van der Waals surface area contributed by atoms with Gasteiger partial charge < -0.3 is 30.6 Å². The molecule has 0 amide bonds. The number of aliphatic hydroxyl groups excluding tert-OH is 2. The Morgan fingerprint density at radius 1 is 0.583 bits per heavy atom. The van der Waals surface area contributed by atoms with Gasteiger partial charge in [-0.1, -0.05) is 60.7 Å². The van der Waals surface area contributed by atoms with Gasteiger partial charge in [0.2, 0.25) is 0 Å². The Hall–Kier alpha value is -1.80. The van der Waals surface area contributed by atoms with E-state index in [2.05, 4.69) is 69.0 Å². The smallest absolute Gasteiger partial charge is 0.0587 e. The number of benzene rings is 2. The number of nitrogens with zero attached hydrogens (tertiary/aromatic N) is 2. The molecule has 3 rings (SSSR count). The molecule has 0 spiro atoms. The molecule has 1 heterocycles. The van der Waals surface area contributed by atoms with Crippen LogP contribution >= 0.6 is 0 Å². The maximum Gasteiger partial charge on any atom is 0.0587 e. The fraction of sp³-hybridized carbons (Fsp3) is 0.600. The molecule has 6 heteroatoms. The molecule has 4 N–H and O–H groups in total. The average Bonchev–Trinajstić information content (AvgIpc) is 2.93. The summed E-state index contributed by atoms with van der Waals surface area (Å²) >= 11 is 0. The lowest BCUT2D eigenvalue weighted by atomic mass is 10.1. The molecule has 1 saturated heterocycles. The molecular formula is C30H48N4O2. The third-order valence-electron chi connectivity index (χ3n) is 7.22. The highest BCUT2D eigenvalue weighted by atomic mass is 16.3. The number of nitrogens with one attached hydrogen (secondary N) is 2. The lowest BCUT2D eigenvalue weighted by molar-refractivity contribution is 0.129. The van der Waals surface area contributed by atoms with Crippen LogP contribution in [-0.2, 0) is 12.8 Å². The van der Waals surface area contributed by atoms with Crippen LogP contribution < -0.4 is 10.6 Å². The first-order valence-electron chi connectivity index (χ1n) is 14.0. The van der Waals surface area contributed by atoms with E-state index in [1.807, 2.05) is 12.1 Å². The van der Waals surface area contributed by atoms with Gasteiger partial charge in [0.25, 0.3) is 0 Å². The molecule has 200 valence electrons. The van der Waals surface area contributed by atoms with Crippen molar-refractivity contribution >= 4 is 0 Å². The third kappa shape index (κ3) is 11.5. The predicted molar refractivity (Wildman–Crippen MR) is 149 cm³/mol. The van der Waals surface area contributed by atoms with Gasteiger partial charge in [-0.2, -0.15) is 0 Å². The largest absolute Gasteiger partial charge is 0.395 e. The first-order valence-corrected chi connectivity index (χ1v) is 14.0. The summed E-state index contributed by atoms with van der Waals surface area (Å²) in [5.74, 6) is 0. The van der Waals surface area contributed by atoms with Crippen LogP contribution in [0.15, 0.2) is 60.7 Å². The van der Waals surface area contributed by atoms with Gasteiger partial charge in [-0.15, -0.1) is 0 Å².